The van der Waals surface area contributed by atoms with Gasteiger partial charge in [0.15, 0.2) is 0 Å². The van der Waals surface area contributed by atoms with Gasteiger partial charge < -0.3 is 29.8 Å². The lowest BCUT2D eigenvalue weighted by atomic mass is 9.89. The fraction of sp³-hybridized carbons (Fsp3) is 0. The van der Waals surface area contributed by atoms with Crippen molar-refractivity contribution in [2.45, 2.75) is 0 Å². The molecule has 0 saturated carbocycles. The molecule has 0 aliphatic rings. The molecule has 0 aliphatic carbocycles. The average molecular weight is 585 g/mol. The van der Waals surface area contributed by atoms with Gasteiger partial charge in [-0.1, -0.05) is 36.4 Å². The van der Waals surface area contributed by atoms with Gasteiger partial charge >= 0.3 is 22.5 Å². The predicted molar refractivity (Wildman–Crippen MR) is 166 cm³/mol. The topological polar surface area (TPSA) is 165 Å². The van der Waals surface area contributed by atoms with E-state index in [0.29, 0.717) is 45.5 Å². The van der Waals surface area contributed by atoms with E-state index >= 15 is 0 Å². The summed E-state index contributed by atoms with van der Waals surface area (Å²) in [6.45, 7) is 0. The molecule has 44 heavy (non-hydrogen) atoms. The smallest absolute Gasteiger partial charge is 0.347 e. The summed E-state index contributed by atoms with van der Waals surface area (Å²) in [7, 11) is 0. The second-order valence-electron chi connectivity index (χ2n) is 10.0. The minimum Gasteiger partial charge on any atom is -0.457 e. The number of nitrogen functional groups attached to an aromatic ring is 2. The fourth-order valence-corrected chi connectivity index (χ4v) is 5.32. The zero-order chi connectivity index (χ0) is 30.5. The zero-order valence-electron chi connectivity index (χ0n) is 22.7. The second-order valence-corrected chi connectivity index (χ2v) is 10.0. The van der Waals surface area contributed by atoms with Crippen LogP contribution in [0.2, 0.25) is 0 Å². The molecule has 5 aromatic carbocycles. The highest BCUT2D eigenvalue weighted by molar-refractivity contribution is 6.20. The minimum absolute atomic E-state index is 0.0579. The van der Waals surface area contributed by atoms with Gasteiger partial charge in [-0.2, -0.15) is 0 Å². The quantitative estimate of drug-likeness (QED) is 0.236. The number of benzene rings is 5. The number of hydrogen-bond donors (Lipinski definition) is 2. The first-order valence-corrected chi connectivity index (χ1v) is 13.3. The van der Waals surface area contributed by atoms with Crippen molar-refractivity contribution in [2.24, 2.45) is 0 Å². The number of anilines is 2. The van der Waals surface area contributed by atoms with Gasteiger partial charge in [0.1, 0.15) is 23.0 Å². The van der Waals surface area contributed by atoms with Gasteiger partial charge in [-0.15, -0.1) is 0 Å². The van der Waals surface area contributed by atoms with Crippen LogP contribution in [0.3, 0.4) is 0 Å². The van der Waals surface area contributed by atoms with Crippen molar-refractivity contribution < 1.29 is 18.3 Å². The summed E-state index contributed by atoms with van der Waals surface area (Å²) in [6.07, 6.45) is 0. The van der Waals surface area contributed by atoms with Crippen molar-refractivity contribution >= 4 is 32.9 Å². The molecule has 10 heteroatoms. The summed E-state index contributed by atoms with van der Waals surface area (Å²) in [5, 5.41) is -0.556. The molecule has 0 spiro atoms. The summed E-state index contributed by atoms with van der Waals surface area (Å²) in [5.41, 5.74) is 9.78. The standard InChI is InChI=1S/C34H20N2O8/c35-19-3-1-5-23(15-19)41-21-11-7-17(8-12-21)25-27-29(33(39)43-31(27)37)26(30-28(25)32(38)44-34(30)40)18-9-13-22(14-10-18)42-24-6-2-4-20(36)16-24/h1-16H,35-36H2. The number of nitrogens with two attached hydrogens (primary N) is 2. The van der Waals surface area contributed by atoms with E-state index in [4.69, 9.17) is 29.8 Å². The van der Waals surface area contributed by atoms with Crippen LogP contribution >= 0.6 is 0 Å². The van der Waals surface area contributed by atoms with E-state index < -0.39 is 22.5 Å². The van der Waals surface area contributed by atoms with Gasteiger partial charge in [-0.05, 0) is 59.7 Å². The minimum atomic E-state index is -0.946. The van der Waals surface area contributed by atoms with Gasteiger partial charge in [0.25, 0.3) is 0 Å². The first-order chi connectivity index (χ1) is 21.3. The van der Waals surface area contributed by atoms with Crippen LogP contribution in [0.15, 0.2) is 125 Å². The highest BCUT2D eigenvalue weighted by atomic mass is 16.5. The van der Waals surface area contributed by atoms with Gasteiger partial charge in [-0.3, -0.25) is 0 Å². The Hall–Kier alpha value is -6.42. The number of ether oxygens (including phenoxy) is 2. The number of fused-ring (bicyclic) bond motifs is 2. The summed E-state index contributed by atoms with van der Waals surface area (Å²) in [6, 6.07) is 26.6. The molecule has 4 N–H and O–H groups in total. The Morgan fingerprint density at radius 3 is 1.09 bits per heavy atom. The number of hydrogen-bond acceptors (Lipinski definition) is 10. The Labute approximate surface area is 246 Å². The van der Waals surface area contributed by atoms with Crippen molar-refractivity contribution in [3.05, 3.63) is 139 Å². The molecule has 0 unspecified atom stereocenters. The Morgan fingerprint density at radius 2 is 0.773 bits per heavy atom. The lowest BCUT2D eigenvalue weighted by molar-refractivity contribution is 0.483. The maximum absolute atomic E-state index is 13.1. The monoisotopic (exact) mass is 584 g/mol. The largest absolute Gasteiger partial charge is 0.457 e. The second kappa shape index (κ2) is 10.1. The third-order valence-electron chi connectivity index (χ3n) is 7.16. The van der Waals surface area contributed by atoms with Crippen LogP contribution in [0.1, 0.15) is 0 Å². The molecule has 0 fully saturated rings. The predicted octanol–water partition coefficient (Wildman–Crippen LogP) is 5.58. The Bertz CT molecular complexity index is 2180. The highest BCUT2D eigenvalue weighted by Crippen LogP contribution is 2.40. The SMILES string of the molecule is Nc1cccc(Oc2ccc(-c3c4c(=O)oc(=O)c4c(-c4ccc(Oc5cccc(N)c5)cc4)c4c(=O)oc(=O)c34)cc2)c1. The van der Waals surface area contributed by atoms with E-state index in [9.17, 15) is 19.2 Å². The fourth-order valence-electron chi connectivity index (χ4n) is 5.32. The molecule has 2 aromatic heterocycles. The van der Waals surface area contributed by atoms with Crippen molar-refractivity contribution in [3.63, 3.8) is 0 Å². The Morgan fingerprint density at radius 1 is 0.432 bits per heavy atom. The first kappa shape index (κ1) is 26.5. The molecule has 0 atom stereocenters. The van der Waals surface area contributed by atoms with E-state index in [-0.39, 0.29) is 32.7 Å². The van der Waals surface area contributed by atoms with E-state index in [0.717, 1.165) is 0 Å². The molecule has 10 nitrogen and oxygen atoms in total. The number of furan rings is 2. The highest BCUT2D eigenvalue weighted by Gasteiger charge is 2.29. The summed E-state index contributed by atoms with van der Waals surface area (Å²) < 4.78 is 21.7. The molecule has 0 aliphatic heterocycles. The van der Waals surface area contributed by atoms with Crippen LogP contribution < -0.4 is 43.4 Å². The first-order valence-electron chi connectivity index (χ1n) is 13.3. The van der Waals surface area contributed by atoms with Crippen molar-refractivity contribution in [1.82, 2.24) is 0 Å². The molecular formula is C34H20N2O8. The van der Waals surface area contributed by atoms with Crippen molar-refractivity contribution in [3.8, 4) is 45.3 Å². The summed E-state index contributed by atoms with van der Waals surface area (Å²) in [5.74, 6) is 1.91. The maximum Gasteiger partial charge on any atom is 0.347 e. The van der Waals surface area contributed by atoms with E-state index in [1.165, 1.54) is 0 Å². The van der Waals surface area contributed by atoms with E-state index in [2.05, 4.69) is 0 Å². The van der Waals surface area contributed by atoms with Gasteiger partial charge in [-0.25, -0.2) is 19.2 Å². The average Bonchev–Trinajstić information content (AvgIpc) is 3.46. The van der Waals surface area contributed by atoms with Crippen LogP contribution in [0.4, 0.5) is 11.4 Å². The normalized spacial score (nSPS) is 11.3. The van der Waals surface area contributed by atoms with Gasteiger partial charge in [0.2, 0.25) is 0 Å². The van der Waals surface area contributed by atoms with Crippen molar-refractivity contribution in [2.75, 3.05) is 11.5 Å². The van der Waals surface area contributed by atoms with Crippen LogP contribution in [-0.2, 0) is 0 Å². The van der Waals surface area contributed by atoms with Gasteiger partial charge in [0, 0.05) is 34.6 Å². The van der Waals surface area contributed by atoms with Crippen LogP contribution in [-0.4, -0.2) is 0 Å². The Balaban J connectivity index is 1.39. The van der Waals surface area contributed by atoms with E-state index in [1.807, 2.05) is 0 Å². The third kappa shape index (κ3) is 4.47. The van der Waals surface area contributed by atoms with Crippen molar-refractivity contribution in [1.29, 1.82) is 0 Å². The molecule has 0 saturated heterocycles. The lowest BCUT2D eigenvalue weighted by Gasteiger charge is -2.11. The third-order valence-corrected chi connectivity index (χ3v) is 7.16. The molecular weight excluding hydrogens is 564 g/mol. The van der Waals surface area contributed by atoms with Crippen LogP contribution in [0, 0.1) is 0 Å². The molecule has 214 valence electrons. The maximum atomic E-state index is 13.1. The van der Waals surface area contributed by atoms with Crippen LogP contribution in [0.25, 0.3) is 43.8 Å². The Kier molecular flexibility index (Phi) is 6.10. The van der Waals surface area contributed by atoms with Crippen LogP contribution in [0.5, 0.6) is 23.0 Å². The molecule has 2 heterocycles. The zero-order valence-corrected chi connectivity index (χ0v) is 22.7. The summed E-state index contributed by atoms with van der Waals surface area (Å²) >= 11 is 0. The van der Waals surface area contributed by atoms with Gasteiger partial charge in [0.05, 0.1) is 21.5 Å². The molecule has 7 aromatic rings. The molecule has 7 rings (SSSR count). The molecule has 0 radical (unpaired) electrons. The number of rotatable bonds is 6. The molecule has 0 bridgehead atoms. The lowest BCUT2D eigenvalue weighted by Crippen LogP contribution is -2.02. The summed E-state index contributed by atoms with van der Waals surface area (Å²) in [4.78, 5) is 52.5. The molecule has 0 amide bonds. The van der Waals surface area contributed by atoms with E-state index in [1.54, 1.807) is 97.1 Å².